The monoisotopic (exact) mass is 384 g/mol. The van der Waals surface area contributed by atoms with Gasteiger partial charge in [-0.05, 0) is 44.9 Å². The zero-order valence-electron chi connectivity index (χ0n) is 13.4. The highest BCUT2D eigenvalue weighted by atomic mass is 35.5. The van der Waals surface area contributed by atoms with E-state index in [0.717, 1.165) is 17.5 Å². The SMILES string of the molecule is CCn1c(S[C@@H](C)C(=O)Nc2ccc(Cl)cc2Cl)nnc1C1CC1. The number of halogens is 2. The zero-order chi connectivity index (χ0) is 17.3. The van der Waals surface area contributed by atoms with Crippen molar-refractivity contribution < 1.29 is 4.79 Å². The van der Waals surface area contributed by atoms with E-state index >= 15 is 0 Å². The third kappa shape index (κ3) is 3.87. The molecule has 8 heteroatoms. The molecule has 5 nitrogen and oxygen atoms in total. The molecule has 1 heterocycles. The molecular formula is C16H18Cl2N4OS. The third-order valence-corrected chi connectivity index (χ3v) is 5.47. The molecule has 1 saturated carbocycles. The molecule has 0 bridgehead atoms. The molecule has 0 spiro atoms. The highest BCUT2D eigenvalue weighted by Gasteiger charge is 2.30. The molecule has 0 aliphatic heterocycles. The van der Waals surface area contributed by atoms with Gasteiger partial charge in [-0.2, -0.15) is 0 Å². The number of benzene rings is 1. The number of nitrogens with zero attached hydrogens (tertiary/aromatic N) is 3. The Labute approximate surface area is 155 Å². The highest BCUT2D eigenvalue weighted by molar-refractivity contribution is 8.00. The maximum Gasteiger partial charge on any atom is 0.237 e. The predicted octanol–water partition coefficient (Wildman–Crippen LogP) is 4.60. The summed E-state index contributed by atoms with van der Waals surface area (Å²) in [5.41, 5.74) is 0.550. The minimum atomic E-state index is -0.321. The van der Waals surface area contributed by atoms with Crippen LogP contribution in [0.5, 0.6) is 0 Å². The minimum Gasteiger partial charge on any atom is -0.324 e. The van der Waals surface area contributed by atoms with Crippen molar-refractivity contribution in [3.05, 3.63) is 34.1 Å². The number of carbonyl (C=O) groups excluding carboxylic acids is 1. The molecule has 1 aromatic heterocycles. The van der Waals surface area contributed by atoms with Crippen LogP contribution < -0.4 is 5.32 Å². The van der Waals surface area contributed by atoms with Crippen molar-refractivity contribution in [3.63, 3.8) is 0 Å². The lowest BCUT2D eigenvalue weighted by molar-refractivity contribution is -0.115. The maximum atomic E-state index is 12.4. The van der Waals surface area contributed by atoms with Gasteiger partial charge in [0.15, 0.2) is 5.16 Å². The van der Waals surface area contributed by atoms with Crippen molar-refractivity contribution in [3.8, 4) is 0 Å². The number of hydrogen-bond donors (Lipinski definition) is 1. The smallest absolute Gasteiger partial charge is 0.237 e. The standard InChI is InChI=1S/C16H18Cl2N4OS/c1-3-22-14(10-4-5-10)20-21-16(22)24-9(2)15(23)19-13-7-6-11(17)8-12(13)18/h6-10H,3-5H2,1-2H3,(H,19,23)/t9-/m0/s1. The first kappa shape index (κ1) is 17.6. The first-order valence-electron chi connectivity index (χ1n) is 7.85. The Morgan fingerprint density at radius 1 is 1.42 bits per heavy atom. The van der Waals surface area contributed by atoms with Crippen molar-refractivity contribution in [1.29, 1.82) is 0 Å². The lowest BCUT2D eigenvalue weighted by Crippen LogP contribution is -2.23. The van der Waals surface area contributed by atoms with Gasteiger partial charge in [-0.3, -0.25) is 4.79 Å². The van der Waals surface area contributed by atoms with Gasteiger partial charge in [0.05, 0.1) is 16.0 Å². The molecule has 1 aromatic carbocycles. The van der Waals surface area contributed by atoms with E-state index in [0.29, 0.717) is 21.7 Å². The maximum absolute atomic E-state index is 12.4. The molecule has 1 amide bonds. The number of anilines is 1. The molecule has 128 valence electrons. The van der Waals surface area contributed by atoms with E-state index in [1.54, 1.807) is 18.2 Å². The summed E-state index contributed by atoms with van der Waals surface area (Å²) < 4.78 is 2.10. The van der Waals surface area contributed by atoms with Crippen molar-refractivity contribution in [2.45, 2.75) is 49.6 Å². The molecule has 1 fully saturated rings. The number of rotatable bonds is 6. The lowest BCUT2D eigenvalue weighted by Gasteiger charge is -2.13. The Bertz CT molecular complexity index is 761. The molecule has 24 heavy (non-hydrogen) atoms. The van der Waals surface area contributed by atoms with Crippen LogP contribution in [0.25, 0.3) is 0 Å². The quantitative estimate of drug-likeness (QED) is 0.739. The number of aromatic nitrogens is 3. The minimum absolute atomic E-state index is 0.136. The van der Waals surface area contributed by atoms with E-state index in [1.807, 2.05) is 6.92 Å². The molecule has 2 aromatic rings. The summed E-state index contributed by atoms with van der Waals surface area (Å²) in [6, 6.07) is 4.99. The van der Waals surface area contributed by atoms with Gasteiger partial charge in [0.2, 0.25) is 5.91 Å². The van der Waals surface area contributed by atoms with E-state index < -0.39 is 0 Å². The number of amides is 1. The van der Waals surface area contributed by atoms with E-state index in [2.05, 4.69) is 27.0 Å². The van der Waals surface area contributed by atoms with Gasteiger partial charge in [-0.1, -0.05) is 35.0 Å². The van der Waals surface area contributed by atoms with E-state index in [1.165, 1.54) is 24.6 Å². The van der Waals surface area contributed by atoms with Crippen LogP contribution in [-0.2, 0) is 11.3 Å². The van der Waals surface area contributed by atoms with E-state index in [-0.39, 0.29) is 11.2 Å². The van der Waals surface area contributed by atoms with Gasteiger partial charge >= 0.3 is 0 Å². The Hall–Kier alpha value is -1.24. The molecule has 0 saturated heterocycles. The number of carbonyl (C=O) groups is 1. The van der Waals surface area contributed by atoms with Crippen LogP contribution in [-0.4, -0.2) is 25.9 Å². The zero-order valence-corrected chi connectivity index (χ0v) is 15.8. The van der Waals surface area contributed by atoms with Crippen LogP contribution in [0.1, 0.15) is 38.4 Å². The fourth-order valence-corrected chi connectivity index (χ4v) is 3.74. The van der Waals surface area contributed by atoms with Crippen LogP contribution in [0.15, 0.2) is 23.4 Å². The summed E-state index contributed by atoms with van der Waals surface area (Å²) in [6.45, 7) is 4.71. The first-order chi connectivity index (χ1) is 11.5. The molecule has 1 aliphatic carbocycles. The van der Waals surface area contributed by atoms with Gasteiger partial charge in [0.25, 0.3) is 0 Å². The second-order valence-corrected chi connectivity index (χ2v) is 7.88. The number of hydrogen-bond acceptors (Lipinski definition) is 4. The molecule has 0 radical (unpaired) electrons. The Kier molecular flexibility index (Phi) is 5.37. The van der Waals surface area contributed by atoms with Crippen LogP contribution in [0.2, 0.25) is 10.0 Å². The molecule has 3 rings (SSSR count). The van der Waals surface area contributed by atoms with Gasteiger partial charge in [-0.15, -0.1) is 10.2 Å². The second-order valence-electron chi connectivity index (χ2n) is 5.73. The van der Waals surface area contributed by atoms with Gasteiger partial charge in [0.1, 0.15) is 5.82 Å². The van der Waals surface area contributed by atoms with Crippen molar-refractivity contribution >= 4 is 46.6 Å². The van der Waals surface area contributed by atoms with Crippen molar-refractivity contribution in [2.24, 2.45) is 0 Å². The number of nitrogens with one attached hydrogen (secondary N) is 1. The number of thioether (sulfide) groups is 1. The Morgan fingerprint density at radius 3 is 2.79 bits per heavy atom. The fraction of sp³-hybridized carbons (Fsp3) is 0.438. The van der Waals surface area contributed by atoms with Crippen molar-refractivity contribution in [2.75, 3.05) is 5.32 Å². The van der Waals surface area contributed by atoms with Gasteiger partial charge in [-0.25, -0.2) is 0 Å². The summed E-state index contributed by atoms with van der Waals surface area (Å²) in [4.78, 5) is 12.4. The molecule has 1 atom stereocenters. The summed E-state index contributed by atoms with van der Waals surface area (Å²) in [7, 11) is 0. The first-order valence-corrected chi connectivity index (χ1v) is 9.48. The lowest BCUT2D eigenvalue weighted by atomic mass is 10.3. The second kappa shape index (κ2) is 7.33. The third-order valence-electron chi connectivity index (χ3n) is 3.84. The topological polar surface area (TPSA) is 59.8 Å². The normalized spacial score (nSPS) is 15.3. The summed E-state index contributed by atoms with van der Waals surface area (Å²) in [5, 5.41) is 12.8. The molecular weight excluding hydrogens is 367 g/mol. The van der Waals surface area contributed by atoms with Gasteiger partial charge in [0, 0.05) is 17.5 Å². The summed E-state index contributed by atoms with van der Waals surface area (Å²) >= 11 is 13.4. The average molecular weight is 385 g/mol. The average Bonchev–Trinajstić information content (AvgIpc) is 3.31. The van der Waals surface area contributed by atoms with Crippen LogP contribution in [0, 0.1) is 0 Å². The van der Waals surface area contributed by atoms with Crippen LogP contribution >= 0.6 is 35.0 Å². The van der Waals surface area contributed by atoms with Crippen LogP contribution in [0.4, 0.5) is 5.69 Å². The largest absolute Gasteiger partial charge is 0.324 e. The predicted molar refractivity (Wildman–Crippen MR) is 98.1 cm³/mol. The van der Waals surface area contributed by atoms with E-state index in [9.17, 15) is 4.79 Å². The Morgan fingerprint density at radius 2 is 2.17 bits per heavy atom. The Balaban J connectivity index is 1.68. The molecule has 1 N–H and O–H groups in total. The highest BCUT2D eigenvalue weighted by Crippen LogP contribution is 2.40. The molecule has 1 aliphatic rings. The van der Waals surface area contributed by atoms with Crippen LogP contribution in [0.3, 0.4) is 0 Å². The fourth-order valence-electron chi connectivity index (χ4n) is 2.36. The van der Waals surface area contributed by atoms with Gasteiger partial charge < -0.3 is 9.88 Å². The molecule has 0 unspecified atom stereocenters. The summed E-state index contributed by atoms with van der Waals surface area (Å²) in [6.07, 6.45) is 2.35. The summed E-state index contributed by atoms with van der Waals surface area (Å²) in [5.74, 6) is 1.43. The van der Waals surface area contributed by atoms with Crippen molar-refractivity contribution in [1.82, 2.24) is 14.8 Å². The van der Waals surface area contributed by atoms with E-state index in [4.69, 9.17) is 23.2 Å².